The van der Waals surface area contributed by atoms with E-state index >= 15 is 0 Å². The summed E-state index contributed by atoms with van der Waals surface area (Å²) in [5.41, 5.74) is 1.68. The molecule has 1 aromatic rings. The fourth-order valence-electron chi connectivity index (χ4n) is 3.43. The lowest BCUT2D eigenvalue weighted by Crippen LogP contribution is -2.44. The molecular weight excluding hydrogens is 268 g/mol. The summed E-state index contributed by atoms with van der Waals surface area (Å²) in [7, 11) is -1.52. The van der Waals surface area contributed by atoms with Gasteiger partial charge in [-0.05, 0) is 31.4 Å². The molecule has 0 aromatic carbocycles. The van der Waals surface area contributed by atoms with Crippen LogP contribution in [-0.2, 0) is 6.42 Å². The van der Waals surface area contributed by atoms with Gasteiger partial charge in [-0.2, -0.15) is 0 Å². The van der Waals surface area contributed by atoms with Crippen LogP contribution in [-0.4, -0.2) is 25.1 Å². The van der Waals surface area contributed by atoms with Crippen molar-refractivity contribution in [1.82, 2.24) is 0 Å². The molecule has 0 aliphatic heterocycles. The molecule has 2 aliphatic rings. The highest BCUT2D eigenvalue weighted by atomic mass is 28.3. The predicted molar refractivity (Wildman–Crippen MR) is 81.2 cm³/mol. The molecule has 0 bridgehead atoms. The van der Waals surface area contributed by atoms with Gasteiger partial charge in [0.25, 0.3) is 0 Å². The van der Waals surface area contributed by atoms with Gasteiger partial charge in [0.15, 0.2) is 5.76 Å². The van der Waals surface area contributed by atoms with E-state index in [2.05, 4.69) is 19.6 Å². The van der Waals surface area contributed by atoms with Crippen molar-refractivity contribution in [2.24, 2.45) is 5.41 Å². The largest absolute Gasteiger partial charge is 0.461 e. The summed E-state index contributed by atoms with van der Waals surface area (Å²) in [6.45, 7) is 8.79. The molecule has 2 atom stereocenters. The number of carbonyl (C=O) groups excluding carboxylic acids is 1. The third-order valence-electron chi connectivity index (χ3n) is 4.82. The SMILES string of the molecule is C[C@]12CCC(O)C=C1Cc1c([Si](C)(C)C)coc1C2=O. The molecule has 0 spiro atoms. The quantitative estimate of drug-likeness (QED) is 0.639. The van der Waals surface area contributed by atoms with E-state index in [0.717, 1.165) is 17.6 Å². The lowest BCUT2D eigenvalue weighted by atomic mass is 9.65. The van der Waals surface area contributed by atoms with Crippen molar-refractivity contribution in [2.45, 2.75) is 51.9 Å². The number of aliphatic hydroxyl groups excluding tert-OH is 1. The average Bonchev–Trinajstić information content (AvgIpc) is 2.76. The van der Waals surface area contributed by atoms with Crippen LogP contribution in [0.4, 0.5) is 0 Å². The van der Waals surface area contributed by atoms with E-state index in [-0.39, 0.29) is 5.78 Å². The van der Waals surface area contributed by atoms with E-state index in [1.807, 2.05) is 13.0 Å². The van der Waals surface area contributed by atoms with Crippen LogP contribution in [0, 0.1) is 5.41 Å². The van der Waals surface area contributed by atoms with Crippen molar-refractivity contribution in [2.75, 3.05) is 0 Å². The molecule has 2 aliphatic carbocycles. The summed E-state index contributed by atoms with van der Waals surface area (Å²) in [5, 5.41) is 11.1. The Bertz CT molecular complexity index is 606. The third-order valence-corrected chi connectivity index (χ3v) is 6.85. The molecule has 20 heavy (non-hydrogen) atoms. The van der Waals surface area contributed by atoms with Gasteiger partial charge in [-0.25, -0.2) is 0 Å². The zero-order valence-electron chi connectivity index (χ0n) is 12.6. The number of aliphatic hydroxyl groups is 1. The Morgan fingerprint density at radius 2 is 2.10 bits per heavy atom. The van der Waals surface area contributed by atoms with Gasteiger partial charge in [0.1, 0.15) is 0 Å². The van der Waals surface area contributed by atoms with E-state index in [1.165, 1.54) is 5.19 Å². The third kappa shape index (κ3) is 1.85. The molecule has 1 N–H and O–H groups in total. The van der Waals surface area contributed by atoms with Crippen molar-refractivity contribution in [3.05, 3.63) is 29.2 Å². The van der Waals surface area contributed by atoms with Gasteiger partial charge in [0.2, 0.25) is 5.78 Å². The number of Topliss-reactive ketones (excluding diaryl/α,β-unsaturated/α-hetero) is 1. The minimum atomic E-state index is -1.52. The first-order chi connectivity index (χ1) is 9.23. The normalized spacial score (nSPS) is 29.8. The lowest BCUT2D eigenvalue weighted by Gasteiger charge is -2.38. The summed E-state index contributed by atoms with van der Waals surface area (Å²) in [6, 6.07) is 0. The number of fused-ring (bicyclic) bond motifs is 2. The van der Waals surface area contributed by atoms with Crippen LogP contribution < -0.4 is 5.19 Å². The molecule has 0 saturated carbocycles. The molecular formula is C16H22O3Si. The average molecular weight is 290 g/mol. The zero-order chi connectivity index (χ0) is 14.7. The van der Waals surface area contributed by atoms with Crippen LogP contribution >= 0.6 is 0 Å². The van der Waals surface area contributed by atoms with Crippen molar-refractivity contribution in [3.63, 3.8) is 0 Å². The number of carbonyl (C=O) groups is 1. The van der Waals surface area contributed by atoms with Crippen LogP contribution in [0.2, 0.25) is 19.6 Å². The first-order valence-electron chi connectivity index (χ1n) is 7.28. The first kappa shape index (κ1) is 13.8. The van der Waals surface area contributed by atoms with Gasteiger partial charge in [-0.1, -0.05) is 31.3 Å². The maximum Gasteiger partial charge on any atom is 0.208 e. The monoisotopic (exact) mass is 290 g/mol. The Morgan fingerprint density at radius 1 is 1.40 bits per heavy atom. The molecule has 0 amide bonds. The van der Waals surface area contributed by atoms with E-state index in [4.69, 9.17) is 4.42 Å². The van der Waals surface area contributed by atoms with E-state index in [0.29, 0.717) is 18.6 Å². The first-order valence-corrected chi connectivity index (χ1v) is 10.8. The van der Waals surface area contributed by atoms with Crippen LogP contribution in [0.1, 0.15) is 35.9 Å². The summed E-state index contributed by atoms with van der Waals surface area (Å²) in [6.07, 6.45) is 5.40. The van der Waals surface area contributed by atoms with Crippen molar-refractivity contribution < 1.29 is 14.3 Å². The number of furan rings is 1. The standard InChI is InChI=1S/C16H22O3Si/c1-16-6-5-11(17)7-10(16)8-12-13(20(2,3)4)9-19-14(12)15(16)18/h7,9,11,17H,5-6,8H2,1-4H3/t11?,16-/m0/s1. The summed E-state index contributed by atoms with van der Waals surface area (Å²) < 4.78 is 5.66. The fourth-order valence-corrected chi connectivity index (χ4v) is 4.95. The molecule has 0 fully saturated rings. The summed E-state index contributed by atoms with van der Waals surface area (Å²) in [5.74, 6) is 0.667. The second-order valence-corrected chi connectivity index (χ2v) is 12.4. The molecule has 3 nitrogen and oxygen atoms in total. The molecule has 3 rings (SSSR count). The molecule has 1 heterocycles. The Morgan fingerprint density at radius 3 is 2.75 bits per heavy atom. The molecule has 0 radical (unpaired) electrons. The smallest absolute Gasteiger partial charge is 0.208 e. The zero-order valence-corrected chi connectivity index (χ0v) is 13.6. The van der Waals surface area contributed by atoms with Gasteiger partial charge < -0.3 is 9.52 Å². The Labute approximate surface area is 120 Å². The highest BCUT2D eigenvalue weighted by Crippen LogP contribution is 2.46. The van der Waals surface area contributed by atoms with Gasteiger partial charge >= 0.3 is 0 Å². The van der Waals surface area contributed by atoms with Crippen LogP contribution in [0.25, 0.3) is 0 Å². The highest BCUT2D eigenvalue weighted by molar-refractivity contribution is 6.89. The Kier molecular flexibility index (Phi) is 2.89. The van der Waals surface area contributed by atoms with E-state index in [9.17, 15) is 9.90 Å². The number of ketones is 1. The number of hydrogen-bond donors (Lipinski definition) is 1. The van der Waals surface area contributed by atoms with Crippen molar-refractivity contribution in [3.8, 4) is 0 Å². The van der Waals surface area contributed by atoms with Gasteiger partial charge in [0, 0.05) is 5.56 Å². The topological polar surface area (TPSA) is 50.4 Å². The number of rotatable bonds is 1. The summed E-state index contributed by atoms with van der Waals surface area (Å²) >= 11 is 0. The molecule has 108 valence electrons. The van der Waals surface area contributed by atoms with Gasteiger partial charge in [-0.3, -0.25) is 4.79 Å². The summed E-state index contributed by atoms with van der Waals surface area (Å²) in [4.78, 5) is 12.8. The van der Waals surface area contributed by atoms with Gasteiger partial charge in [-0.15, -0.1) is 0 Å². The molecule has 4 heteroatoms. The lowest BCUT2D eigenvalue weighted by molar-refractivity contribution is 0.0755. The van der Waals surface area contributed by atoms with Crippen molar-refractivity contribution >= 4 is 19.0 Å². The Balaban J connectivity index is 2.15. The maximum absolute atomic E-state index is 12.8. The minimum Gasteiger partial charge on any atom is -0.461 e. The van der Waals surface area contributed by atoms with Crippen LogP contribution in [0.5, 0.6) is 0 Å². The van der Waals surface area contributed by atoms with Crippen LogP contribution in [0.15, 0.2) is 22.3 Å². The van der Waals surface area contributed by atoms with E-state index < -0.39 is 19.6 Å². The maximum atomic E-state index is 12.8. The molecule has 1 unspecified atom stereocenters. The predicted octanol–water partition coefficient (Wildman–Crippen LogP) is 2.65. The number of hydrogen-bond acceptors (Lipinski definition) is 3. The highest BCUT2D eigenvalue weighted by Gasteiger charge is 2.47. The van der Waals surface area contributed by atoms with Crippen LogP contribution in [0.3, 0.4) is 0 Å². The fraction of sp³-hybridized carbons (Fsp3) is 0.562. The van der Waals surface area contributed by atoms with Gasteiger partial charge in [0.05, 0.1) is 25.9 Å². The molecule has 1 aromatic heterocycles. The van der Waals surface area contributed by atoms with E-state index in [1.54, 1.807) is 6.26 Å². The second-order valence-electron chi connectivity index (χ2n) is 7.34. The second kappa shape index (κ2) is 4.18. The minimum absolute atomic E-state index is 0.0985. The number of allylic oxidation sites excluding steroid dienone is 1. The Hall–Kier alpha value is -1.13. The molecule has 0 saturated heterocycles. The van der Waals surface area contributed by atoms with Crippen molar-refractivity contribution in [1.29, 1.82) is 0 Å².